The lowest BCUT2D eigenvalue weighted by atomic mass is 9.80. The van der Waals surface area contributed by atoms with E-state index in [1.165, 1.54) is 0 Å². The van der Waals surface area contributed by atoms with Gasteiger partial charge in [0.15, 0.2) is 0 Å². The summed E-state index contributed by atoms with van der Waals surface area (Å²) in [5.41, 5.74) is 5.84. The second-order valence-corrected chi connectivity index (χ2v) is 7.30. The number of piperidine rings is 1. The molecule has 5 nitrogen and oxygen atoms in total. The van der Waals surface area contributed by atoms with Crippen LogP contribution in [-0.4, -0.2) is 33.7 Å². The van der Waals surface area contributed by atoms with Crippen LogP contribution in [0.5, 0.6) is 0 Å². The molecule has 1 fully saturated rings. The number of nitrogen functional groups attached to an aromatic ring is 1. The summed E-state index contributed by atoms with van der Waals surface area (Å²) in [6.45, 7) is 10.4. The average Bonchev–Trinajstić information content (AvgIpc) is 2.84. The fourth-order valence-electron chi connectivity index (χ4n) is 2.63. The van der Waals surface area contributed by atoms with Gasteiger partial charge in [-0.1, -0.05) is 27.7 Å². The molecule has 1 aromatic rings. The smallest absolute Gasteiger partial charge is 0.222 e. The molecule has 2 N–H and O–H groups in total. The number of likely N-dealkylation sites (tertiary alicyclic amines) is 1. The van der Waals surface area contributed by atoms with Crippen LogP contribution in [0.15, 0.2) is 12.3 Å². The van der Waals surface area contributed by atoms with Crippen LogP contribution < -0.4 is 5.73 Å². The van der Waals surface area contributed by atoms with E-state index in [0.717, 1.165) is 25.9 Å². The minimum Gasteiger partial charge on any atom is -0.382 e. The van der Waals surface area contributed by atoms with Crippen molar-refractivity contribution < 1.29 is 4.79 Å². The summed E-state index contributed by atoms with van der Waals surface area (Å²) >= 11 is 0. The van der Waals surface area contributed by atoms with Crippen molar-refractivity contribution in [1.82, 2.24) is 14.7 Å². The van der Waals surface area contributed by atoms with Gasteiger partial charge in [-0.2, -0.15) is 5.10 Å². The van der Waals surface area contributed by atoms with Crippen LogP contribution in [0.4, 0.5) is 5.82 Å². The third-order valence-corrected chi connectivity index (χ3v) is 4.78. The maximum absolute atomic E-state index is 12.4. The van der Waals surface area contributed by atoms with Crippen LogP contribution in [0.3, 0.4) is 0 Å². The van der Waals surface area contributed by atoms with Gasteiger partial charge in [0.2, 0.25) is 5.91 Å². The second-order valence-electron chi connectivity index (χ2n) is 7.30. The molecule has 2 rings (SSSR count). The molecule has 1 saturated heterocycles. The lowest BCUT2D eigenvalue weighted by Gasteiger charge is -2.34. The maximum atomic E-state index is 12.4. The van der Waals surface area contributed by atoms with Crippen molar-refractivity contribution >= 4 is 11.7 Å². The summed E-state index contributed by atoms with van der Waals surface area (Å²) in [6, 6.07) is 2.19. The Bertz CT molecular complexity index is 481. The van der Waals surface area contributed by atoms with Gasteiger partial charge < -0.3 is 10.6 Å². The molecule has 1 unspecified atom stereocenters. The monoisotopic (exact) mass is 292 g/mol. The molecule has 1 aromatic heterocycles. The quantitative estimate of drug-likeness (QED) is 0.931. The van der Waals surface area contributed by atoms with E-state index in [4.69, 9.17) is 5.73 Å². The van der Waals surface area contributed by atoms with Crippen LogP contribution in [0, 0.1) is 11.3 Å². The number of rotatable bonds is 3. The lowest BCUT2D eigenvalue weighted by Crippen LogP contribution is -2.40. The molecule has 0 bridgehead atoms. The molecule has 0 aromatic carbocycles. The highest BCUT2D eigenvalue weighted by Crippen LogP contribution is 2.29. The molecule has 1 aliphatic rings. The number of hydrogen-bond acceptors (Lipinski definition) is 3. The predicted molar refractivity (Wildman–Crippen MR) is 84.7 cm³/mol. The molecule has 1 aliphatic heterocycles. The van der Waals surface area contributed by atoms with Gasteiger partial charge in [-0.3, -0.25) is 9.48 Å². The molecule has 2 heterocycles. The SMILES string of the molecule is CC(CC(=O)N1CCC(n2ccc(N)n2)CC1)C(C)(C)C. The maximum Gasteiger partial charge on any atom is 0.222 e. The number of carbonyl (C=O) groups is 1. The summed E-state index contributed by atoms with van der Waals surface area (Å²) in [7, 11) is 0. The number of nitrogens with zero attached hydrogens (tertiary/aromatic N) is 3. The van der Waals surface area contributed by atoms with Crippen molar-refractivity contribution in [1.29, 1.82) is 0 Å². The topological polar surface area (TPSA) is 64.2 Å². The summed E-state index contributed by atoms with van der Waals surface area (Å²) in [6.07, 6.45) is 4.48. The fourth-order valence-corrected chi connectivity index (χ4v) is 2.63. The zero-order valence-electron chi connectivity index (χ0n) is 13.7. The van der Waals surface area contributed by atoms with E-state index in [-0.39, 0.29) is 11.3 Å². The molecule has 118 valence electrons. The number of amides is 1. The Morgan fingerprint density at radius 2 is 2.05 bits per heavy atom. The van der Waals surface area contributed by atoms with E-state index in [1.54, 1.807) is 0 Å². The normalized spacial score (nSPS) is 18.8. The van der Waals surface area contributed by atoms with Crippen LogP contribution in [0.25, 0.3) is 0 Å². The average molecular weight is 292 g/mol. The van der Waals surface area contributed by atoms with Gasteiger partial charge in [0.1, 0.15) is 5.82 Å². The standard InChI is InChI=1S/C16H28N4O/c1-12(16(2,3)4)11-15(21)19-8-5-13(6-9-19)20-10-7-14(17)18-20/h7,10,12-13H,5-6,8-9,11H2,1-4H3,(H2,17,18). The van der Waals surface area contributed by atoms with Crippen molar-refractivity contribution in [3.63, 3.8) is 0 Å². The van der Waals surface area contributed by atoms with Crippen LogP contribution >= 0.6 is 0 Å². The third kappa shape index (κ3) is 3.99. The first-order valence-electron chi connectivity index (χ1n) is 7.86. The Kier molecular flexibility index (Phi) is 4.59. The molecule has 0 aliphatic carbocycles. The Morgan fingerprint density at radius 3 is 2.52 bits per heavy atom. The van der Waals surface area contributed by atoms with Gasteiger partial charge in [0, 0.05) is 25.7 Å². The Hall–Kier alpha value is -1.52. The Balaban J connectivity index is 1.85. The first kappa shape index (κ1) is 15.9. The highest BCUT2D eigenvalue weighted by atomic mass is 16.2. The fraction of sp³-hybridized carbons (Fsp3) is 0.750. The molecule has 21 heavy (non-hydrogen) atoms. The number of hydrogen-bond donors (Lipinski definition) is 1. The zero-order chi connectivity index (χ0) is 15.6. The summed E-state index contributed by atoms with van der Waals surface area (Å²) in [4.78, 5) is 14.4. The van der Waals surface area contributed by atoms with Gasteiger partial charge in [0.25, 0.3) is 0 Å². The predicted octanol–water partition coefficient (Wildman–Crippen LogP) is 2.70. The Morgan fingerprint density at radius 1 is 1.43 bits per heavy atom. The van der Waals surface area contributed by atoms with Gasteiger partial charge in [-0.05, 0) is 30.2 Å². The van der Waals surface area contributed by atoms with Gasteiger partial charge >= 0.3 is 0 Å². The summed E-state index contributed by atoms with van der Waals surface area (Å²) in [5, 5.41) is 4.28. The van der Waals surface area contributed by atoms with Crippen molar-refractivity contribution in [2.24, 2.45) is 11.3 Å². The first-order chi connectivity index (χ1) is 9.77. The molecule has 1 atom stereocenters. The lowest BCUT2D eigenvalue weighted by molar-refractivity contribution is -0.134. The highest BCUT2D eigenvalue weighted by molar-refractivity contribution is 5.76. The van der Waals surface area contributed by atoms with E-state index in [2.05, 4.69) is 32.8 Å². The molecular formula is C16H28N4O. The van der Waals surface area contributed by atoms with Crippen LogP contribution in [0.2, 0.25) is 0 Å². The number of carbonyl (C=O) groups excluding carboxylic acids is 1. The Labute approximate surface area is 127 Å². The molecule has 0 saturated carbocycles. The zero-order valence-corrected chi connectivity index (χ0v) is 13.7. The third-order valence-electron chi connectivity index (χ3n) is 4.78. The molecule has 5 heteroatoms. The van der Waals surface area contributed by atoms with E-state index in [9.17, 15) is 4.79 Å². The minimum absolute atomic E-state index is 0.181. The number of aromatic nitrogens is 2. The largest absolute Gasteiger partial charge is 0.382 e. The summed E-state index contributed by atoms with van der Waals surface area (Å²) in [5.74, 6) is 1.25. The van der Waals surface area contributed by atoms with Crippen LogP contribution in [0.1, 0.15) is 53.0 Å². The van der Waals surface area contributed by atoms with Crippen molar-refractivity contribution in [3.05, 3.63) is 12.3 Å². The van der Waals surface area contributed by atoms with E-state index in [0.29, 0.717) is 24.2 Å². The number of nitrogens with two attached hydrogens (primary N) is 1. The molecule has 1 amide bonds. The van der Waals surface area contributed by atoms with Crippen molar-refractivity contribution in [3.8, 4) is 0 Å². The minimum atomic E-state index is 0.181. The van der Waals surface area contributed by atoms with E-state index >= 15 is 0 Å². The summed E-state index contributed by atoms with van der Waals surface area (Å²) < 4.78 is 1.94. The van der Waals surface area contributed by atoms with Crippen molar-refractivity contribution in [2.45, 2.75) is 53.0 Å². The van der Waals surface area contributed by atoms with Crippen molar-refractivity contribution in [2.75, 3.05) is 18.8 Å². The van der Waals surface area contributed by atoms with Crippen LogP contribution in [-0.2, 0) is 4.79 Å². The second kappa shape index (κ2) is 6.08. The molecular weight excluding hydrogens is 264 g/mol. The van der Waals surface area contributed by atoms with E-state index < -0.39 is 0 Å². The molecule has 0 spiro atoms. The van der Waals surface area contributed by atoms with Gasteiger partial charge in [0.05, 0.1) is 6.04 Å². The van der Waals surface area contributed by atoms with E-state index in [1.807, 2.05) is 21.8 Å². The molecule has 0 radical (unpaired) electrons. The van der Waals surface area contributed by atoms with Gasteiger partial charge in [-0.15, -0.1) is 0 Å². The number of anilines is 1. The highest BCUT2D eigenvalue weighted by Gasteiger charge is 2.28. The first-order valence-corrected chi connectivity index (χ1v) is 7.86. The van der Waals surface area contributed by atoms with Gasteiger partial charge in [-0.25, -0.2) is 0 Å².